The predicted molar refractivity (Wildman–Crippen MR) is 94.3 cm³/mol. The average Bonchev–Trinajstić information content (AvgIpc) is 2.47. The Kier molecular flexibility index (Phi) is 5.73. The second-order valence-electron chi connectivity index (χ2n) is 7.88. The van der Waals surface area contributed by atoms with Crippen molar-refractivity contribution in [1.29, 1.82) is 0 Å². The minimum Gasteiger partial charge on any atom is -0.323 e. The van der Waals surface area contributed by atoms with E-state index in [9.17, 15) is 14.4 Å². The van der Waals surface area contributed by atoms with Gasteiger partial charge >= 0.3 is 7.60 Å². The van der Waals surface area contributed by atoms with Crippen LogP contribution in [0.3, 0.4) is 0 Å². The lowest BCUT2D eigenvalue weighted by Crippen LogP contribution is -2.49. The van der Waals surface area contributed by atoms with Crippen LogP contribution < -0.4 is 5.32 Å². The van der Waals surface area contributed by atoms with E-state index in [0.717, 1.165) is 19.3 Å². The van der Waals surface area contributed by atoms with Crippen molar-refractivity contribution in [3.63, 3.8) is 0 Å². The molecule has 3 N–H and O–H groups in total. The molecule has 1 fully saturated rings. The first-order valence-electron chi connectivity index (χ1n) is 8.49. The van der Waals surface area contributed by atoms with E-state index in [-0.39, 0.29) is 5.41 Å². The van der Waals surface area contributed by atoms with Crippen molar-refractivity contribution in [2.24, 2.45) is 11.3 Å². The van der Waals surface area contributed by atoms with Crippen LogP contribution in [-0.2, 0) is 11.0 Å². The molecule has 2 rings (SSSR count). The fraction of sp³-hybridized carbons (Fsp3) is 0.667. The summed E-state index contributed by atoms with van der Waals surface area (Å²) in [5, 5.41) is 2.19. The Balaban J connectivity index is 2.00. The molecule has 5 heteroatoms. The molecule has 0 saturated heterocycles. The number of benzene rings is 1. The third-order valence-electron chi connectivity index (χ3n) is 5.31. The molecule has 0 radical (unpaired) electrons. The smallest absolute Gasteiger partial charge is 0.323 e. The van der Waals surface area contributed by atoms with Gasteiger partial charge in [-0.2, -0.15) is 0 Å². The van der Waals surface area contributed by atoms with E-state index in [1.807, 2.05) is 30.3 Å². The fourth-order valence-electron chi connectivity index (χ4n) is 3.62. The first-order valence-corrected chi connectivity index (χ1v) is 10.1. The van der Waals surface area contributed by atoms with E-state index in [1.165, 1.54) is 5.56 Å². The van der Waals surface area contributed by atoms with Crippen LogP contribution in [0.15, 0.2) is 30.3 Å². The molecule has 23 heavy (non-hydrogen) atoms. The highest BCUT2D eigenvalue weighted by Crippen LogP contribution is 2.58. The highest BCUT2D eigenvalue weighted by molar-refractivity contribution is 7.53. The van der Waals surface area contributed by atoms with Crippen molar-refractivity contribution in [2.45, 2.75) is 58.2 Å². The minimum absolute atomic E-state index is 0.200. The molecular weight excluding hydrogens is 309 g/mol. The molecule has 1 aliphatic rings. The molecule has 0 bridgehead atoms. The summed E-state index contributed by atoms with van der Waals surface area (Å²) in [5.41, 5.74) is 1.38. The molecule has 0 atom stereocenters. The van der Waals surface area contributed by atoms with Gasteiger partial charge in [0.05, 0.1) is 0 Å². The quantitative estimate of drug-likeness (QED) is 0.711. The highest BCUT2D eigenvalue weighted by Gasteiger charge is 2.49. The largest absolute Gasteiger partial charge is 0.345 e. The summed E-state index contributed by atoms with van der Waals surface area (Å²) in [6, 6.07) is 10.0. The Morgan fingerprint density at radius 1 is 1.17 bits per heavy atom. The highest BCUT2D eigenvalue weighted by atomic mass is 31.2. The molecule has 4 nitrogen and oxygen atoms in total. The molecule has 1 saturated carbocycles. The number of hydrogen-bond acceptors (Lipinski definition) is 2. The van der Waals surface area contributed by atoms with Gasteiger partial charge in [-0.25, -0.2) is 0 Å². The van der Waals surface area contributed by atoms with Gasteiger partial charge in [0, 0.05) is 6.54 Å². The molecule has 1 aromatic rings. The van der Waals surface area contributed by atoms with Gasteiger partial charge in [-0.05, 0) is 49.0 Å². The molecule has 0 heterocycles. The molecule has 1 aromatic carbocycles. The molecule has 0 unspecified atom stereocenters. The maximum Gasteiger partial charge on any atom is 0.345 e. The molecule has 0 aliphatic heterocycles. The summed E-state index contributed by atoms with van der Waals surface area (Å²) in [6.07, 6.45) is 3.62. The van der Waals surface area contributed by atoms with Crippen molar-refractivity contribution >= 4 is 7.60 Å². The third-order valence-corrected chi connectivity index (χ3v) is 7.03. The monoisotopic (exact) mass is 339 g/mol. The average molecular weight is 339 g/mol. The second-order valence-corrected chi connectivity index (χ2v) is 9.82. The van der Waals surface area contributed by atoms with E-state index in [4.69, 9.17) is 0 Å². The van der Waals surface area contributed by atoms with Crippen molar-refractivity contribution < 1.29 is 14.4 Å². The Bertz CT molecular complexity index is 539. The maximum absolute atomic E-state index is 12.1. The van der Waals surface area contributed by atoms with E-state index >= 15 is 0 Å². The van der Waals surface area contributed by atoms with E-state index in [2.05, 4.69) is 26.1 Å². The fourth-order valence-corrected chi connectivity index (χ4v) is 4.78. The van der Waals surface area contributed by atoms with Crippen LogP contribution in [0.4, 0.5) is 0 Å². The molecule has 0 aromatic heterocycles. The third kappa shape index (κ3) is 4.67. The minimum atomic E-state index is -4.18. The summed E-state index contributed by atoms with van der Waals surface area (Å²) < 4.78 is 12.1. The Morgan fingerprint density at radius 3 is 2.22 bits per heavy atom. The summed E-state index contributed by atoms with van der Waals surface area (Å²) in [4.78, 5) is 19.9. The van der Waals surface area contributed by atoms with Crippen LogP contribution >= 0.6 is 7.60 Å². The Labute approximate surface area is 139 Å². The molecule has 130 valence electrons. The van der Waals surface area contributed by atoms with Gasteiger partial charge in [-0.3, -0.25) is 4.57 Å². The van der Waals surface area contributed by atoms with Crippen LogP contribution in [-0.4, -0.2) is 21.6 Å². The topological polar surface area (TPSA) is 69.6 Å². The summed E-state index contributed by atoms with van der Waals surface area (Å²) in [5.74, 6) is 0.526. The zero-order chi connectivity index (χ0) is 17.1. The molecular formula is C18H30NO3P. The van der Waals surface area contributed by atoms with E-state index in [0.29, 0.717) is 25.3 Å². The van der Waals surface area contributed by atoms with Crippen molar-refractivity contribution in [3.8, 4) is 0 Å². The number of rotatable bonds is 5. The Morgan fingerprint density at radius 2 is 1.74 bits per heavy atom. The van der Waals surface area contributed by atoms with Crippen molar-refractivity contribution in [2.75, 3.05) is 6.54 Å². The summed E-state index contributed by atoms with van der Waals surface area (Å²) in [6.45, 7) is 7.23. The lowest BCUT2D eigenvalue weighted by Gasteiger charge is -2.44. The van der Waals surface area contributed by atoms with Gasteiger partial charge in [0.2, 0.25) is 0 Å². The van der Waals surface area contributed by atoms with Crippen LogP contribution in [0.25, 0.3) is 0 Å². The van der Waals surface area contributed by atoms with Crippen molar-refractivity contribution in [1.82, 2.24) is 5.32 Å². The van der Waals surface area contributed by atoms with Gasteiger partial charge in [0.1, 0.15) is 5.28 Å². The molecule has 0 spiro atoms. The van der Waals surface area contributed by atoms with Gasteiger partial charge in [0.25, 0.3) is 0 Å². The van der Waals surface area contributed by atoms with Gasteiger partial charge in [-0.15, -0.1) is 0 Å². The van der Waals surface area contributed by atoms with E-state index < -0.39 is 12.9 Å². The standard InChI is InChI=1S/C18H30NO3P/c1-17(2,3)16-9-12-18(13-10-16,23(20,21)22)19-14-11-15-7-5-4-6-8-15/h4-8,16,19H,9-14H2,1-3H3,(H2,20,21,22). The number of hydrogen-bond donors (Lipinski definition) is 3. The van der Waals surface area contributed by atoms with Crippen LogP contribution in [0.2, 0.25) is 0 Å². The lowest BCUT2D eigenvalue weighted by atomic mass is 9.71. The van der Waals surface area contributed by atoms with Gasteiger partial charge in [0.15, 0.2) is 0 Å². The predicted octanol–water partition coefficient (Wildman–Crippen LogP) is 3.93. The van der Waals surface area contributed by atoms with Gasteiger partial charge in [-0.1, -0.05) is 51.1 Å². The van der Waals surface area contributed by atoms with Crippen LogP contribution in [0, 0.1) is 11.3 Å². The van der Waals surface area contributed by atoms with Crippen LogP contribution in [0.5, 0.6) is 0 Å². The lowest BCUT2D eigenvalue weighted by molar-refractivity contribution is 0.133. The van der Waals surface area contributed by atoms with Crippen molar-refractivity contribution in [3.05, 3.63) is 35.9 Å². The normalized spacial score (nSPS) is 26.2. The van der Waals surface area contributed by atoms with Crippen LogP contribution in [0.1, 0.15) is 52.0 Å². The summed E-state index contributed by atoms with van der Waals surface area (Å²) in [7, 11) is -4.18. The first-order chi connectivity index (χ1) is 10.6. The molecule has 0 amide bonds. The molecule has 1 aliphatic carbocycles. The van der Waals surface area contributed by atoms with E-state index in [1.54, 1.807) is 0 Å². The first kappa shape index (κ1) is 18.7. The van der Waals surface area contributed by atoms with Gasteiger partial charge < -0.3 is 15.1 Å². The SMILES string of the molecule is CC(C)(C)C1CCC(NCCc2ccccc2)(P(=O)(O)O)CC1. The second kappa shape index (κ2) is 7.06. The summed E-state index contributed by atoms with van der Waals surface area (Å²) >= 11 is 0. The Hall–Kier alpha value is -0.670. The zero-order valence-electron chi connectivity index (χ0n) is 14.5. The zero-order valence-corrected chi connectivity index (χ0v) is 15.4. The maximum atomic E-state index is 12.1. The number of nitrogens with one attached hydrogen (secondary N) is 1.